The number of benzene rings is 1. The summed E-state index contributed by atoms with van der Waals surface area (Å²) in [5, 5.41) is 12.7. The maximum absolute atomic E-state index is 12.7. The lowest BCUT2D eigenvalue weighted by Crippen LogP contribution is -2.37. The van der Waals surface area contributed by atoms with E-state index in [4.69, 9.17) is 0 Å². The van der Waals surface area contributed by atoms with Gasteiger partial charge < -0.3 is 0 Å². The smallest absolute Gasteiger partial charge is 0.131 e. The van der Waals surface area contributed by atoms with E-state index in [2.05, 4.69) is 0 Å². The zero-order chi connectivity index (χ0) is 10.0. The highest BCUT2D eigenvalue weighted by Crippen LogP contribution is 2.44. The van der Waals surface area contributed by atoms with E-state index >= 15 is 0 Å². The molecule has 0 bridgehead atoms. The lowest BCUT2D eigenvalue weighted by atomic mass is 9.68. The van der Waals surface area contributed by atoms with Gasteiger partial charge in [0, 0.05) is 0 Å². The molecule has 1 radical (unpaired) electrons. The normalized spacial score (nSPS) is 21.3. The van der Waals surface area contributed by atoms with Gasteiger partial charge in [0.05, 0.1) is 0 Å². The summed E-state index contributed by atoms with van der Waals surface area (Å²) in [4.78, 5) is 0. The van der Waals surface area contributed by atoms with Gasteiger partial charge in [-0.15, -0.1) is 0 Å². The van der Waals surface area contributed by atoms with E-state index in [0.29, 0.717) is 12.3 Å². The molecule has 0 aliphatic heterocycles. The topological polar surface area (TPSA) is 19.9 Å². The Morgan fingerprint density at radius 2 is 1.93 bits per heavy atom. The van der Waals surface area contributed by atoms with E-state index in [1.165, 1.54) is 6.42 Å². The van der Waals surface area contributed by atoms with E-state index in [0.717, 1.165) is 18.4 Å². The quantitative estimate of drug-likeness (QED) is 0.693. The average molecular weight is 189 g/mol. The molecular formula is C13H17O. The average Bonchev–Trinajstić information content (AvgIpc) is 2.16. The first-order valence-electron chi connectivity index (χ1n) is 5.53. The summed E-state index contributed by atoms with van der Waals surface area (Å²) in [5.41, 5.74) is 0.159. The highest BCUT2D eigenvalue weighted by Gasteiger charge is 2.41. The first-order chi connectivity index (χ1) is 6.77. The molecule has 1 heteroatoms. The molecule has 0 amide bonds. The predicted molar refractivity (Wildman–Crippen MR) is 56.4 cm³/mol. The van der Waals surface area contributed by atoms with Crippen molar-refractivity contribution in [2.75, 3.05) is 0 Å². The zero-order valence-corrected chi connectivity index (χ0v) is 8.70. The van der Waals surface area contributed by atoms with Gasteiger partial charge in [0.25, 0.3) is 0 Å². The summed E-state index contributed by atoms with van der Waals surface area (Å²) in [7, 11) is 0. The van der Waals surface area contributed by atoms with E-state index in [1.54, 1.807) is 0 Å². The Morgan fingerprint density at radius 3 is 2.36 bits per heavy atom. The first-order valence-corrected chi connectivity index (χ1v) is 5.53. The fourth-order valence-corrected chi connectivity index (χ4v) is 2.32. The van der Waals surface area contributed by atoms with Crippen LogP contribution in [0.1, 0.15) is 38.2 Å². The predicted octanol–water partition coefficient (Wildman–Crippen LogP) is 3.52. The number of hydrogen-bond acceptors (Lipinski definition) is 0. The van der Waals surface area contributed by atoms with Gasteiger partial charge in [-0.2, -0.15) is 0 Å². The zero-order valence-electron chi connectivity index (χ0n) is 8.70. The second-order valence-corrected chi connectivity index (χ2v) is 4.24. The van der Waals surface area contributed by atoms with E-state index in [1.807, 2.05) is 37.3 Å². The minimum Gasteiger partial charge on any atom is -0.224 e. The Morgan fingerprint density at radius 1 is 1.29 bits per heavy atom. The fourth-order valence-electron chi connectivity index (χ4n) is 2.32. The maximum Gasteiger partial charge on any atom is 0.131 e. The molecule has 1 nitrogen and oxygen atoms in total. The van der Waals surface area contributed by atoms with Crippen LogP contribution in [0, 0.1) is 5.92 Å². The van der Waals surface area contributed by atoms with Gasteiger partial charge in [-0.05, 0) is 30.7 Å². The second-order valence-electron chi connectivity index (χ2n) is 4.24. The van der Waals surface area contributed by atoms with Crippen LogP contribution in [0.5, 0.6) is 0 Å². The van der Waals surface area contributed by atoms with Gasteiger partial charge in [0.1, 0.15) is 5.60 Å². The summed E-state index contributed by atoms with van der Waals surface area (Å²) < 4.78 is 0. The monoisotopic (exact) mass is 189 g/mol. The molecule has 1 atom stereocenters. The summed E-state index contributed by atoms with van der Waals surface area (Å²) in [6, 6.07) is 9.87. The van der Waals surface area contributed by atoms with Crippen molar-refractivity contribution in [3.63, 3.8) is 0 Å². The van der Waals surface area contributed by atoms with Crippen LogP contribution in [-0.2, 0) is 10.7 Å². The van der Waals surface area contributed by atoms with Crippen LogP contribution in [0.15, 0.2) is 30.3 Å². The highest BCUT2D eigenvalue weighted by atomic mass is 16.3. The maximum atomic E-state index is 12.7. The Hall–Kier alpha value is -0.820. The summed E-state index contributed by atoms with van der Waals surface area (Å²) >= 11 is 0. The van der Waals surface area contributed by atoms with Crippen molar-refractivity contribution in [3.05, 3.63) is 35.9 Å². The highest BCUT2D eigenvalue weighted by molar-refractivity contribution is 5.23. The van der Waals surface area contributed by atoms with Crippen molar-refractivity contribution in [3.8, 4) is 0 Å². The summed E-state index contributed by atoms with van der Waals surface area (Å²) in [6.45, 7) is 2.01. The Labute approximate surface area is 85.8 Å². The number of hydrogen-bond donors (Lipinski definition) is 0. The van der Waals surface area contributed by atoms with Crippen molar-refractivity contribution in [1.29, 1.82) is 0 Å². The van der Waals surface area contributed by atoms with Crippen LogP contribution in [0.2, 0.25) is 0 Å². The Balaban J connectivity index is 2.27. The van der Waals surface area contributed by atoms with Crippen LogP contribution in [0.4, 0.5) is 0 Å². The third-order valence-corrected chi connectivity index (χ3v) is 3.55. The van der Waals surface area contributed by atoms with Crippen LogP contribution < -0.4 is 0 Å². The van der Waals surface area contributed by atoms with Gasteiger partial charge in [0.2, 0.25) is 0 Å². The number of rotatable bonds is 3. The molecule has 1 saturated carbocycles. The van der Waals surface area contributed by atoms with Crippen molar-refractivity contribution < 1.29 is 5.11 Å². The van der Waals surface area contributed by atoms with Crippen LogP contribution in [0.25, 0.3) is 0 Å². The first kappa shape index (κ1) is 9.72. The third-order valence-electron chi connectivity index (χ3n) is 3.55. The van der Waals surface area contributed by atoms with Gasteiger partial charge in [0.15, 0.2) is 0 Å². The van der Waals surface area contributed by atoms with Crippen LogP contribution >= 0.6 is 0 Å². The van der Waals surface area contributed by atoms with E-state index in [9.17, 15) is 5.11 Å². The Kier molecular flexibility index (Phi) is 2.60. The molecule has 2 rings (SSSR count). The second kappa shape index (κ2) is 3.74. The molecule has 0 saturated heterocycles. The molecular weight excluding hydrogens is 172 g/mol. The SMILES string of the molecule is CCC([O])(c1ccccc1)C1CCC1. The molecule has 1 aromatic rings. The molecule has 0 aromatic heterocycles. The van der Waals surface area contributed by atoms with Crippen LogP contribution in [0.3, 0.4) is 0 Å². The third kappa shape index (κ3) is 1.46. The van der Waals surface area contributed by atoms with Crippen molar-refractivity contribution in [1.82, 2.24) is 0 Å². The van der Waals surface area contributed by atoms with Crippen LogP contribution in [-0.4, -0.2) is 0 Å². The largest absolute Gasteiger partial charge is 0.224 e. The van der Waals surface area contributed by atoms with Crippen molar-refractivity contribution in [2.24, 2.45) is 5.92 Å². The molecule has 1 aliphatic rings. The van der Waals surface area contributed by atoms with Gasteiger partial charge in [-0.25, -0.2) is 5.11 Å². The lowest BCUT2D eigenvalue weighted by Gasteiger charge is -2.39. The van der Waals surface area contributed by atoms with E-state index in [-0.39, 0.29) is 0 Å². The Bertz CT molecular complexity index is 289. The molecule has 1 fully saturated rings. The molecule has 1 unspecified atom stereocenters. The molecule has 75 valence electrons. The van der Waals surface area contributed by atoms with Gasteiger partial charge in [-0.1, -0.05) is 43.7 Å². The standard InChI is InChI=1S/C13H17O/c1-2-13(14,12-9-6-10-12)11-7-4-3-5-8-11/h3-5,7-8,12H,2,6,9-10H2,1H3. The molecule has 0 spiro atoms. The van der Waals surface area contributed by atoms with E-state index < -0.39 is 5.60 Å². The summed E-state index contributed by atoms with van der Waals surface area (Å²) in [5.74, 6) is 0.370. The minimum atomic E-state index is -0.820. The summed E-state index contributed by atoms with van der Waals surface area (Å²) in [6.07, 6.45) is 4.18. The molecule has 0 heterocycles. The fraction of sp³-hybridized carbons (Fsp3) is 0.538. The molecule has 0 N–H and O–H groups in total. The molecule has 1 aromatic carbocycles. The minimum absolute atomic E-state index is 0.370. The molecule has 1 aliphatic carbocycles. The lowest BCUT2D eigenvalue weighted by molar-refractivity contribution is -0.113. The molecule has 14 heavy (non-hydrogen) atoms. The van der Waals surface area contributed by atoms with Gasteiger partial charge >= 0.3 is 0 Å². The van der Waals surface area contributed by atoms with Crippen molar-refractivity contribution >= 4 is 0 Å². The van der Waals surface area contributed by atoms with Crippen molar-refractivity contribution in [2.45, 2.75) is 38.2 Å². The van der Waals surface area contributed by atoms with Gasteiger partial charge in [-0.3, -0.25) is 0 Å².